The molecule has 0 aliphatic carbocycles. The molecule has 0 aromatic heterocycles. The molecule has 2 N–H and O–H groups in total. The van der Waals surface area contributed by atoms with Gasteiger partial charge in [0.05, 0.1) is 12.2 Å². The molecule has 0 radical (unpaired) electrons. The summed E-state index contributed by atoms with van der Waals surface area (Å²) in [4.78, 5) is 23.4. The zero-order valence-electron chi connectivity index (χ0n) is 8.88. The van der Waals surface area contributed by atoms with Crippen LogP contribution in [0.1, 0.15) is 17.3 Å². The second-order valence-corrected chi connectivity index (χ2v) is 3.25. The first-order valence-electron chi connectivity index (χ1n) is 4.78. The normalized spacial score (nSPS) is 9.88. The zero-order valence-corrected chi connectivity index (χ0v) is 8.88. The number of carboxylic acid groups (broad SMARTS) is 1. The molecule has 0 aliphatic heterocycles. The van der Waals surface area contributed by atoms with Crippen molar-refractivity contribution >= 4 is 17.6 Å². The maximum absolute atomic E-state index is 11.3. The molecule has 1 amide bonds. The largest absolute Gasteiger partial charge is 0.478 e. The van der Waals surface area contributed by atoms with Crippen LogP contribution in [0.2, 0.25) is 0 Å². The number of aliphatic hydroxyl groups excluding tert-OH is 1. The van der Waals surface area contributed by atoms with Gasteiger partial charge >= 0.3 is 5.97 Å². The van der Waals surface area contributed by atoms with Crippen LogP contribution in [0, 0.1) is 0 Å². The highest BCUT2D eigenvalue weighted by molar-refractivity contribution is 5.94. The highest BCUT2D eigenvalue weighted by Crippen LogP contribution is 2.16. The van der Waals surface area contributed by atoms with Crippen molar-refractivity contribution in [1.82, 2.24) is 0 Å². The molecule has 0 saturated heterocycles. The molecule has 0 spiro atoms. The van der Waals surface area contributed by atoms with Crippen LogP contribution in [0.4, 0.5) is 5.69 Å². The maximum Gasteiger partial charge on any atom is 0.335 e. The van der Waals surface area contributed by atoms with E-state index in [4.69, 9.17) is 10.2 Å². The van der Waals surface area contributed by atoms with Gasteiger partial charge in [0, 0.05) is 19.2 Å². The van der Waals surface area contributed by atoms with Crippen LogP contribution in [0.5, 0.6) is 0 Å². The molecular weight excluding hydrogens is 210 g/mol. The average Bonchev–Trinajstić information content (AvgIpc) is 2.25. The molecule has 1 rings (SSSR count). The quantitative estimate of drug-likeness (QED) is 0.788. The van der Waals surface area contributed by atoms with Crippen LogP contribution in [0.25, 0.3) is 0 Å². The molecule has 0 atom stereocenters. The van der Waals surface area contributed by atoms with Gasteiger partial charge in [-0.05, 0) is 18.2 Å². The fourth-order valence-corrected chi connectivity index (χ4v) is 1.38. The Balaban J connectivity index is 3.04. The standard InChI is InChI=1S/C11H13NO4/c1-8(14)12(5-6-13)10-4-2-3-9(7-10)11(15)16/h2-4,7,13H,5-6H2,1H3,(H,15,16). The van der Waals surface area contributed by atoms with E-state index in [1.165, 1.54) is 24.0 Å². The molecule has 0 unspecified atom stereocenters. The molecule has 1 aromatic rings. The number of carbonyl (C=O) groups is 2. The minimum absolute atomic E-state index is 0.113. The van der Waals surface area contributed by atoms with E-state index in [2.05, 4.69) is 0 Å². The van der Waals surface area contributed by atoms with Crippen molar-refractivity contribution in [1.29, 1.82) is 0 Å². The second-order valence-electron chi connectivity index (χ2n) is 3.25. The van der Waals surface area contributed by atoms with E-state index in [-0.39, 0.29) is 24.6 Å². The van der Waals surface area contributed by atoms with Crippen molar-refractivity contribution in [3.05, 3.63) is 29.8 Å². The summed E-state index contributed by atoms with van der Waals surface area (Å²) in [6.07, 6.45) is 0. The van der Waals surface area contributed by atoms with E-state index in [0.29, 0.717) is 5.69 Å². The van der Waals surface area contributed by atoms with E-state index in [1.54, 1.807) is 12.1 Å². The zero-order chi connectivity index (χ0) is 12.1. The van der Waals surface area contributed by atoms with Gasteiger partial charge in [0.2, 0.25) is 5.91 Å². The molecule has 0 bridgehead atoms. The first-order valence-corrected chi connectivity index (χ1v) is 4.78. The number of anilines is 1. The molecule has 0 saturated carbocycles. The monoisotopic (exact) mass is 223 g/mol. The number of aliphatic hydroxyl groups is 1. The van der Waals surface area contributed by atoms with Gasteiger partial charge in [0.1, 0.15) is 0 Å². The molecule has 0 heterocycles. The van der Waals surface area contributed by atoms with Crippen LogP contribution in [-0.4, -0.2) is 35.2 Å². The summed E-state index contributed by atoms with van der Waals surface area (Å²) in [6, 6.07) is 6.04. The maximum atomic E-state index is 11.3. The number of carbonyl (C=O) groups excluding carboxylic acids is 1. The molecular formula is C11H13NO4. The van der Waals surface area contributed by atoms with Crippen molar-refractivity contribution in [2.45, 2.75) is 6.92 Å². The lowest BCUT2D eigenvalue weighted by Crippen LogP contribution is -2.31. The fraction of sp³-hybridized carbons (Fsp3) is 0.273. The molecule has 1 aromatic carbocycles. The molecule has 0 aliphatic rings. The predicted octanol–water partition coefficient (Wildman–Crippen LogP) is 0.730. The summed E-state index contributed by atoms with van der Waals surface area (Å²) < 4.78 is 0. The van der Waals surface area contributed by atoms with E-state index in [9.17, 15) is 9.59 Å². The number of carboxylic acids is 1. The lowest BCUT2D eigenvalue weighted by Gasteiger charge is -2.20. The Morgan fingerprint density at radius 2 is 2.06 bits per heavy atom. The van der Waals surface area contributed by atoms with Crippen molar-refractivity contribution in [2.75, 3.05) is 18.1 Å². The molecule has 16 heavy (non-hydrogen) atoms. The van der Waals surface area contributed by atoms with Crippen LogP contribution in [0.3, 0.4) is 0 Å². The third kappa shape index (κ3) is 2.80. The van der Waals surface area contributed by atoms with E-state index >= 15 is 0 Å². The molecule has 5 heteroatoms. The summed E-state index contributed by atoms with van der Waals surface area (Å²) in [6.45, 7) is 1.35. The predicted molar refractivity (Wildman–Crippen MR) is 58.5 cm³/mol. The Morgan fingerprint density at radius 1 is 1.38 bits per heavy atom. The fourth-order valence-electron chi connectivity index (χ4n) is 1.38. The minimum atomic E-state index is -1.05. The Hall–Kier alpha value is -1.88. The number of amides is 1. The number of hydrogen-bond acceptors (Lipinski definition) is 3. The summed E-state index contributed by atoms with van der Waals surface area (Å²) in [7, 11) is 0. The van der Waals surface area contributed by atoms with Crippen molar-refractivity contribution in [2.24, 2.45) is 0 Å². The van der Waals surface area contributed by atoms with Crippen LogP contribution in [0.15, 0.2) is 24.3 Å². The molecule has 86 valence electrons. The highest BCUT2D eigenvalue weighted by atomic mass is 16.4. The number of benzene rings is 1. The lowest BCUT2D eigenvalue weighted by atomic mass is 10.2. The van der Waals surface area contributed by atoms with Gasteiger partial charge in [-0.2, -0.15) is 0 Å². The second kappa shape index (κ2) is 5.27. The summed E-state index contributed by atoms with van der Waals surface area (Å²) in [5, 5.41) is 17.6. The first-order chi connectivity index (χ1) is 7.56. The summed E-state index contributed by atoms with van der Waals surface area (Å²) in [5.74, 6) is -1.29. The van der Waals surface area contributed by atoms with Gasteiger partial charge < -0.3 is 15.1 Å². The van der Waals surface area contributed by atoms with Gasteiger partial charge in [-0.25, -0.2) is 4.79 Å². The van der Waals surface area contributed by atoms with Crippen molar-refractivity contribution in [3.8, 4) is 0 Å². The van der Waals surface area contributed by atoms with Crippen LogP contribution in [-0.2, 0) is 4.79 Å². The first kappa shape index (κ1) is 12.2. The van der Waals surface area contributed by atoms with Crippen LogP contribution < -0.4 is 4.90 Å². The Morgan fingerprint density at radius 3 is 2.56 bits per heavy atom. The third-order valence-corrected chi connectivity index (χ3v) is 2.11. The van der Waals surface area contributed by atoms with Crippen molar-refractivity contribution in [3.63, 3.8) is 0 Å². The van der Waals surface area contributed by atoms with Gasteiger partial charge in [-0.3, -0.25) is 4.79 Å². The van der Waals surface area contributed by atoms with Gasteiger partial charge in [-0.15, -0.1) is 0 Å². The minimum Gasteiger partial charge on any atom is -0.478 e. The Labute approximate surface area is 92.9 Å². The Kier molecular flexibility index (Phi) is 4.02. The topological polar surface area (TPSA) is 77.8 Å². The number of aromatic carboxylic acids is 1. The third-order valence-electron chi connectivity index (χ3n) is 2.11. The smallest absolute Gasteiger partial charge is 0.335 e. The average molecular weight is 223 g/mol. The molecule has 0 fully saturated rings. The SMILES string of the molecule is CC(=O)N(CCO)c1cccc(C(=O)O)c1. The van der Waals surface area contributed by atoms with Gasteiger partial charge in [-0.1, -0.05) is 6.07 Å². The Bertz CT molecular complexity index is 403. The van der Waals surface area contributed by atoms with Crippen LogP contribution >= 0.6 is 0 Å². The van der Waals surface area contributed by atoms with Crippen molar-refractivity contribution < 1.29 is 19.8 Å². The van der Waals surface area contributed by atoms with E-state index in [1.807, 2.05) is 0 Å². The van der Waals surface area contributed by atoms with E-state index in [0.717, 1.165) is 0 Å². The number of rotatable bonds is 4. The lowest BCUT2D eigenvalue weighted by molar-refractivity contribution is -0.116. The van der Waals surface area contributed by atoms with E-state index < -0.39 is 5.97 Å². The van der Waals surface area contributed by atoms with Gasteiger partial charge in [0.15, 0.2) is 0 Å². The molecule has 5 nitrogen and oxygen atoms in total. The summed E-state index contributed by atoms with van der Waals surface area (Å²) >= 11 is 0. The summed E-state index contributed by atoms with van der Waals surface area (Å²) in [5.41, 5.74) is 0.586. The number of nitrogens with zero attached hydrogens (tertiary/aromatic N) is 1. The number of hydrogen-bond donors (Lipinski definition) is 2. The highest BCUT2D eigenvalue weighted by Gasteiger charge is 2.12. The van der Waals surface area contributed by atoms with Gasteiger partial charge in [0.25, 0.3) is 0 Å².